The Balaban J connectivity index is 1.84. The molecule has 1 aromatic carbocycles. The van der Waals surface area contributed by atoms with Crippen LogP contribution in [0.25, 0.3) is 0 Å². The van der Waals surface area contributed by atoms with Crippen molar-refractivity contribution in [3.63, 3.8) is 0 Å². The summed E-state index contributed by atoms with van der Waals surface area (Å²) in [5.41, 5.74) is -0.0701. The zero-order valence-electron chi connectivity index (χ0n) is 15.7. The molecule has 7 nitrogen and oxygen atoms in total. The van der Waals surface area contributed by atoms with E-state index < -0.39 is 5.54 Å². The Morgan fingerprint density at radius 3 is 2.58 bits per heavy atom. The zero-order valence-corrected chi connectivity index (χ0v) is 15.7. The van der Waals surface area contributed by atoms with Crippen molar-refractivity contribution < 1.29 is 18.8 Å². The average molecular weight is 359 g/mol. The fourth-order valence-corrected chi connectivity index (χ4v) is 3.33. The summed E-state index contributed by atoms with van der Waals surface area (Å²) in [7, 11) is 1.56. The summed E-state index contributed by atoms with van der Waals surface area (Å²) in [4.78, 5) is 17.2. The van der Waals surface area contributed by atoms with Crippen LogP contribution in [0.3, 0.4) is 0 Å². The summed E-state index contributed by atoms with van der Waals surface area (Å²) in [6.45, 7) is 5.63. The molecule has 1 aliphatic rings. The molecule has 3 rings (SSSR count). The lowest BCUT2D eigenvalue weighted by Crippen LogP contribution is -2.44. The summed E-state index contributed by atoms with van der Waals surface area (Å²) in [6.07, 6.45) is 3.63. The summed E-state index contributed by atoms with van der Waals surface area (Å²) in [5.74, 6) is 2.00. The molecule has 140 valence electrons. The monoisotopic (exact) mass is 359 g/mol. The third-order valence-electron chi connectivity index (χ3n) is 4.55. The minimum absolute atomic E-state index is 0.0202. The molecule has 1 aromatic heterocycles. The molecule has 0 radical (unpaired) electrons. The number of ether oxygens (including phenoxy) is 2. The van der Waals surface area contributed by atoms with Gasteiger partial charge in [-0.3, -0.25) is 4.79 Å². The van der Waals surface area contributed by atoms with Crippen LogP contribution in [0.4, 0.5) is 0 Å². The predicted octanol–water partition coefficient (Wildman–Crippen LogP) is 3.37. The molecule has 0 aliphatic heterocycles. The van der Waals surface area contributed by atoms with Gasteiger partial charge < -0.3 is 19.3 Å². The molecule has 0 spiro atoms. The molecule has 26 heavy (non-hydrogen) atoms. The van der Waals surface area contributed by atoms with Gasteiger partial charge >= 0.3 is 0 Å². The third kappa shape index (κ3) is 3.66. The Morgan fingerprint density at radius 2 is 2.00 bits per heavy atom. The minimum atomic E-state index is -0.574. The van der Waals surface area contributed by atoms with Crippen LogP contribution in [0.1, 0.15) is 61.6 Å². The van der Waals surface area contributed by atoms with E-state index >= 15 is 0 Å². The first-order chi connectivity index (χ1) is 12.4. The lowest BCUT2D eigenvalue weighted by Gasteiger charge is -2.27. The number of benzene rings is 1. The molecule has 1 saturated carbocycles. The van der Waals surface area contributed by atoms with Crippen molar-refractivity contribution in [1.29, 1.82) is 0 Å². The predicted molar refractivity (Wildman–Crippen MR) is 95.4 cm³/mol. The van der Waals surface area contributed by atoms with E-state index in [0.717, 1.165) is 25.7 Å². The molecule has 1 amide bonds. The quantitative estimate of drug-likeness (QED) is 0.851. The van der Waals surface area contributed by atoms with Crippen LogP contribution in [-0.2, 0) is 5.54 Å². The standard InChI is InChI=1S/C19H25N3O4/c1-12(2)25-15-8-7-14(11-16(15)24-4)17(23)21-19(9-5-6-10-19)18-20-13(3)26-22-18/h7-8,11-12H,5-6,9-10H2,1-4H3,(H,21,23). The molecule has 1 N–H and O–H groups in total. The van der Waals surface area contributed by atoms with Crippen molar-refractivity contribution in [1.82, 2.24) is 15.5 Å². The number of nitrogens with one attached hydrogen (secondary N) is 1. The second-order valence-electron chi connectivity index (χ2n) is 6.91. The van der Waals surface area contributed by atoms with Gasteiger partial charge in [-0.1, -0.05) is 18.0 Å². The maximum absolute atomic E-state index is 12.9. The molecule has 1 fully saturated rings. The number of amides is 1. The van der Waals surface area contributed by atoms with Crippen molar-refractivity contribution in [3.05, 3.63) is 35.5 Å². The lowest BCUT2D eigenvalue weighted by atomic mass is 9.96. The smallest absolute Gasteiger partial charge is 0.252 e. The number of carbonyl (C=O) groups excluding carboxylic acids is 1. The van der Waals surface area contributed by atoms with Crippen molar-refractivity contribution in [2.24, 2.45) is 0 Å². The molecule has 1 aliphatic carbocycles. The molecule has 1 heterocycles. The van der Waals surface area contributed by atoms with Gasteiger partial charge in [0.25, 0.3) is 5.91 Å². The van der Waals surface area contributed by atoms with Crippen LogP contribution in [0.15, 0.2) is 22.7 Å². The van der Waals surface area contributed by atoms with E-state index in [0.29, 0.717) is 28.8 Å². The van der Waals surface area contributed by atoms with Crippen molar-refractivity contribution in [3.8, 4) is 11.5 Å². The van der Waals surface area contributed by atoms with Gasteiger partial charge in [0, 0.05) is 12.5 Å². The highest BCUT2D eigenvalue weighted by Gasteiger charge is 2.41. The number of hydrogen-bond donors (Lipinski definition) is 1. The third-order valence-corrected chi connectivity index (χ3v) is 4.55. The largest absolute Gasteiger partial charge is 0.493 e. The van der Waals surface area contributed by atoms with Gasteiger partial charge in [0.2, 0.25) is 5.89 Å². The molecule has 7 heteroatoms. The van der Waals surface area contributed by atoms with Gasteiger partial charge in [0.15, 0.2) is 17.3 Å². The van der Waals surface area contributed by atoms with E-state index in [2.05, 4.69) is 15.5 Å². The van der Waals surface area contributed by atoms with Crippen molar-refractivity contribution >= 4 is 5.91 Å². The number of aryl methyl sites for hydroxylation is 1. The second kappa shape index (κ2) is 7.35. The zero-order chi connectivity index (χ0) is 18.7. The van der Waals surface area contributed by atoms with Crippen LogP contribution in [-0.4, -0.2) is 29.3 Å². The molecule has 0 unspecified atom stereocenters. The van der Waals surface area contributed by atoms with Gasteiger partial charge in [0.05, 0.1) is 13.2 Å². The normalized spacial score (nSPS) is 15.9. The lowest BCUT2D eigenvalue weighted by molar-refractivity contribution is 0.0891. The summed E-state index contributed by atoms with van der Waals surface area (Å²) < 4.78 is 16.2. The molecule has 0 saturated heterocycles. The topological polar surface area (TPSA) is 86.5 Å². The first-order valence-corrected chi connectivity index (χ1v) is 8.91. The van der Waals surface area contributed by atoms with Crippen LogP contribution >= 0.6 is 0 Å². The average Bonchev–Trinajstić information content (AvgIpc) is 3.24. The van der Waals surface area contributed by atoms with Gasteiger partial charge in [0.1, 0.15) is 5.54 Å². The number of carbonyl (C=O) groups is 1. The maximum Gasteiger partial charge on any atom is 0.252 e. The maximum atomic E-state index is 12.9. The van der Waals surface area contributed by atoms with E-state index in [1.165, 1.54) is 0 Å². The van der Waals surface area contributed by atoms with Crippen molar-refractivity contribution in [2.75, 3.05) is 7.11 Å². The minimum Gasteiger partial charge on any atom is -0.493 e. The van der Waals surface area contributed by atoms with E-state index in [-0.39, 0.29) is 12.0 Å². The van der Waals surface area contributed by atoms with Crippen LogP contribution in [0, 0.1) is 6.92 Å². The number of hydrogen-bond acceptors (Lipinski definition) is 6. The van der Waals surface area contributed by atoms with Crippen LogP contribution in [0.5, 0.6) is 11.5 Å². The Labute approximate surface area is 153 Å². The molecular weight excluding hydrogens is 334 g/mol. The first-order valence-electron chi connectivity index (χ1n) is 8.91. The van der Waals surface area contributed by atoms with Gasteiger partial charge in [-0.2, -0.15) is 4.98 Å². The second-order valence-corrected chi connectivity index (χ2v) is 6.91. The number of rotatable bonds is 6. The Hall–Kier alpha value is -2.57. The number of aromatic nitrogens is 2. The van der Waals surface area contributed by atoms with Crippen LogP contribution in [0.2, 0.25) is 0 Å². The highest BCUT2D eigenvalue weighted by atomic mass is 16.5. The van der Waals surface area contributed by atoms with E-state index in [1.807, 2.05) is 13.8 Å². The highest BCUT2D eigenvalue weighted by Crippen LogP contribution is 2.38. The van der Waals surface area contributed by atoms with E-state index in [1.54, 1.807) is 32.2 Å². The van der Waals surface area contributed by atoms with Crippen molar-refractivity contribution in [2.45, 2.75) is 58.1 Å². The molecule has 0 atom stereocenters. The summed E-state index contributed by atoms with van der Waals surface area (Å²) in [5, 5.41) is 7.18. The summed E-state index contributed by atoms with van der Waals surface area (Å²) in [6, 6.07) is 5.18. The van der Waals surface area contributed by atoms with E-state index in [9.17, 15) is 4.79 Å². The SMILES string of the molecule is COc1cc(C(=O)NC2(c3noc(C)n3)CCCC2)ccc1OC(C)C. The molecular formula is C19H25N3O4. The Bertz CT molecular complexity index is 779. The first kappa shape index (κ1) is 18.2. The fourth-order valence-electron chi connectivity index (χ4n) is 3.33. The fraction of sp³-hybridized carbons (Fsp3) is 0.526. The molecule has 0 bridgehead atoms. The van der Waals surface area contributed by atoms with Gasteiger partial charge in [-0.05, 0) is 44.9 Å². The Morgan fingerprint density at radius 1 is 1.27 bits per heavy atom. The summed E-state index contributed by atoms with van der Waals surface area (Å²) >= 11 is 0. The molecule has 2 aromatic rings. The van der Waals surface area contributed by atoms with E-state index in [4.69, 9.17) is 14.0 Å². The highest BCUT2D eigenvalue weighted by molar-refractivity contribution is 5.95. The van der Waals surface area contributed by atoms with Crippen LogP contribution < -0.4 is 14.8 Å². The Kier molecular flexibility index (Phi) is 5.15. The number of methoxy groups -OCH3 is 1. The number of nitrogens with zero attached hydrogens (tertiary/aromatic N) is 2. The van der Waals surface area contributed by atoms with Gasteiger partial charge in [-0.15, -0.1) is 0 Å². The van der Waals surface area contributed by atoms with Gasteiger partial charge in [-0.25, -0.2) is 0 Å².